The number of carbonyl (C=O) groups is 1. The third-order valence-corrected chi connectivity index (χ3v) is 3.56. The number of pyridine rings is 1. The molecule has 6 heteroatoms. The van der Waals surface area contributed by atoms with Crippen molar-refractivity contribution in [1.29, 1.82) is 0 Å². The zero-order valence-corrected chi connectivity index (χ0v) is 14.4. The van der Waals surface area contributed by atoms with Gasteiger partial charge in [0.2, 0.25) is 0 Å². The third kappa shape index (κ3) is 4.23. The molecule has 0 N–H and O–H groups in total. The summed E-state index contributed by atoms with van der Waals surface area (Å²) in [4.78, 5) is 17.5. The highest BCUT2D eigenvalue weighted by atomic mass is 32.1. The molecule has 0 aliphatic heterocycles. The molecule has 2 aromatic rings. The fourth-order valence-corrected chi connectivity index (χ4v) is 2.23. The van der Waals surface area contributed by atoms with Crippen molar-refractivity contribution >= 4 is 18.2 Å². The van der Waals surface area contributed by atoms with Gasteiger partial charge in [-0.25, -0.2) is 4.79 Å². The highest BCUT2D eigenvalue weighted by molar-refractivity contribution is 7.71. The van der Waals surface area contributed by atoms with Crippen molar-refractivity contribution in [3.63, 3.8) is 0 Å². The molecule has 0 saturated carbocycles. The lowest BCUT2D eigenvalue weighted by Gasteiger charge is -2.18. The minimum absolute atomic E-state index is 0.391. The van der Waals surface area contributed by atoms with Crippen LogP contribution < -0.4 is 14.3 Å². The van der Waals surface area contributed by atoms with Crippen molar-refractivity contribution in [2.75, 3.05) is 7.11 Å². The van der Waals surface area contributed by atoms with Crippen LogP contribution in [-0.4, -0.2) is 23.9 Å². The van der Waals surface area contributed by atoms with Gasteiger partial charge in [-0.3, -0.25) is 0 Å². The van der Waals surface area contributed by atoms with Crippen molar-refractivity contribution in [2.24, 2.45) is 0 Å². The first-order valence-electron chi connectivity index (χ1n) is 7.40. The second kappa shape index (κ2) is 8.31. The van der Waals surface area contributed by atoms with Crippen LogP contribution in [0.4, 0.5) is 0 Å². The zero-order chi connectivity index (χ0) is 17.5. The summed E-state index contributed by atoms with van der Waals surface area (Å²) in [6.45, 7) is 5.34. The van der Waals surface area contributed by atoms with Gasteiger partial charge < -0.3 is 14.3 Å². The molecule has 0 bridgehead atoms. The van der Waals surface area contributed by atoms with Gasteiger partial charge in [0.1, 0.15) is 4.64 Å². The number of carbonyl (C=O) groups excluding carboxylic acids is 1. The molecule has 0 fully saturated rings. The maximum absolute atomic E-state index is 12.3. The fourth-order valence-electron chi connectivity index (χ4n) is 2.06. The van der Waals surface area contributed by atoms with Crippen molar-refractivity contribution in [3.05, 3.63) is 65.5 Å². The highest BCUT2D eigenvalue weighted by Crippen LogP contribution is 2.32. The first-order chi connectivity index (χ1) is 11.6. The first-order valence-corrected chi connectivity index (χ1v) is 7.81. The van der Waals surface area contributed by atoms with Gasteiger partial charge in [0.15, 0.2) is 17.6 Å². The van der Waals surface area contributed by atoms with Crippen LogP contribution in [0.2, 0.25) is 0 Å². The summed E-state index contributed by atoms with van der Waals surface area (Å²) in [7, 11) is 1.55. The van der Waals surface area contributed by atoms with Gasteiger partial charge >= 0.3 is 5.97 Å². The predicted molar refractivity (Wildman–Crippen MR) is 93.8 cm³/mol. The highest BCUT2D eigenvalue weighted by Gasteiger charge is 2.21. The summed E-state index contributed by atoms with van der Waals surface area (Å²) in [6, 6.07) is 10.7. The Morgan fingerprint density at radius 3 is 2.79 bits per heavy atom. The third-order valence-electron chi connectivity index (χ3n) is 3.25. The van der Waals surface area contributed by atoms with Crippen LogP contribution in [0.1, 0.15) is 12.5 Å². The van der Waals surface area contributed by atoms with E-state index in [0.29, 0.717) is 22.6 Å². The Morgan fingerprint density at radius 1 is 1.33 bits per heavy atom. The zero-order valence-electron chi connectivity index (χ0n) is 13.6. The topological polar surface area (TPSA) is 49.7 Å². The van der Waals surface area contributed by atoms with E-state index in [2.05, 4.69) is 6.58 Å². The summed E-state index contributed by atoms with van der Waals surface area (Å²) in [5.74, 6) is 0.485. The normalized spacial score (nSPS) is 11.4. The molecule has 0 amide bonds. The molecule has 24 heavy (non-hydrogen) atoms. The molecule has 0 aliphatic carbocycles. The van der Waals surface area contributed by atoms with E-state index in [1.807, 2.05) is 12.1 Å². The van der Waals surface area contributed by atoms with Crippen molar-refractivity contribution in [1.82, 2.24) is 4.73 Å². The standard InChI is InChI=1S/C18H19NO4S/c1-4-8-14-9-7-10-15(21-3)17(14)22-13(2)18(20)23-19-12-6-5-11-16(19)24/h4-7,9-13H,1,8H2,2-3H3. The van der Waals surface area contributed by atoms with E-state index in [1.54, 1.807) is 50.6 Å². The summed E-state index contributed by atoms with van der Waals surface area (Å²) < 4.78 is 12.7. The molecule has 5 nitrogen and oxygen atoms in total. The van der Waals surface area contributed by atoms with Gasteiger partial charge in [-0.2, -0.15) is 4.73 Å². The van der Waals surface area contributed by atoms with Gasteiger partial charge in [0, 0.05) is 11.8 Å². The number of nitrogens with zero attached hydrogens (tertiary/aromatic N) is 1. The van der Waals surface area contributed by atoms with Gasteiger partial charge in [-0.15, -0.1) is 6.58 Å². The lowest BCUT2D eigenvalue weighted by Crippen LogP contribution is -2.33. The van der Waals surface area contributed by atoms with Crippen molar-refractivity contribution < 1.29 is 19.1 Å². The SMILES string of the molecule is C=CCc1cccc(OC)c1OC(C)C(=O)On1ccccc1=S. The van der Waals surface area contributed by atoms with Crippen LogP contribution in [0.5, 0.6) is 11.5 Å². The molecular formula is C18H19NO4S. The predicted octanol–water partition coefficient (Wildman–Crippen LogP) is 3.38. The number of para-hydroxylation sites is 1. The number of hydrogen-bond acceptors (Lipinski definition) is 5. The number of hydrogen-bond donors (Lipinski definition) is 0. The molecule has 1 aromatic carbocycles. The molecule has 0 saturated heterocycles. The molecule has 1 heterocycles. The Morgan fingerprint density at radius 2 is 2.12 bits per heavy atom. The van der Waals surface area contributed by atoms with E-state index in [4.69, 9.17) is 26.5 Å². The van der Waals surface area contributed by atoms with Crippen molar-refractivity contribution in [3.8, 4) is 11.5 Å². The lowest BCUT2D eigenvalue weighted by molar-refractivity contribution is -0.151. The minimum atomic E-state index is -0.841. The van der Waals surface area contributed by atoms with E-state index in [0.717, 1.165) is 5.56 Å². The molecule has 0 radical (unpaired) electrons. The molecule has 126 valence electrons. The van der Waals surface area contributed by atoms with E-state index < -0.39 is 12.1 Å². The number of allylic oxidation sites excluding steroid dienone is 1. The molecule has 1 atom stereocenters. The molecular weight excluding hydrogens is 326 g/mol. The summed E-state index contributed by atoms with van der Waals surface area (Å²) in [5, 5.41) is 0. The summed E-state index contributed by atoms with van der Waals surface area (Å²) >= 11 is 5.10. The van der Waals surface area contributed by atoms with Crippen LogP contribution >= 0.6 is 12.2 Å². The number of benzene rings is 1. The van der Waals surface area contributed by atoms with Gasteiger partial charge in [0.25, 0.3) is 0 Å². The second-order valence-electron chi connectivity index (χ2n) is 4.98. The van der Waals surface area contributed by atoms with Crippen LogP contribution in [0.3, 0.4) is 0 Å². The van der Waals surface area contributed by atoms with E-state index in [1.165, 1.54) is 4.73 Å². The minimum Gasteiger partial charge on any atom is -0.493 e. The average molecular weight is 345 g/mol. The second-order valence-corrected chi connectivity index (χ2v) is 5.39. The monoisotopic (exact) mass is 345 g/mol. The number of rotatable bonds is 7. The summed E-state index contributed by atoms with van der Waals surface area (Å²) in [5.41, 5.74) is 0.875. The van der Waals surface area contributed by atoms with Gasteiger partial charge in [-0.1, -0.05) is 36.5 Å². The molecule has 1 unspecified atom stereocenters. The molecule has 0 aliphatic rings. The Bertz CT molecular complexity index is 785. The molecule has 0 spiro atoms. The Hall–Kier alpha value is -2.60. The van der Waals surface area contributed by atoms with E-state index in [9.17, 15) is 4.79 Å². The Kier molecular flexibility index (Phi) is 6.14. The van der Waals surface area contributed by atoms with Crippen LogP contribution in [0, 0.1) is 4.64 Å². The Labute approximate surface area is 146 Å². The quantitative estimate of drug-likeness (QED) is 0.569. The van der Waals surface area contributed by atoms with E-state index >= 15 is 0 Å². The number of aromatic nitrogens is 1. The van der Waals surface area contributed by atoms with Crippen LogP contribution in [-0.2, 0) is 11.2 Å². The smallest absolute Gasteiger partial charge is 0.372 e. The fraction of sp³-hybridized carbons (Fsp3) is 0.222. The molecule has 2 rings (SSSR count). The maximum Gasteiger partial charge on any atom is 0.372 e. The largest absolute Gasteiger partial charge is 0.493 e. The average Bonchev–Trinajstić information content (AvgIpc) is 2.58. The van der Waals surface area contributed by atoms with E-state index in [-0.39, 0.29) is 0 Å². The number of methoxy groups -OCH3 is 1. The maximum atomic E-state index is 12.3. The Balaban J connectivity index is 2.18. The first kappa shape index (κ1) is 17.7. The van der Waals surface area contributed by atoms with Crippen LogP contribution in [0.15, 0.2) is 55.3 Å². The van der Waals surface area contributed by atoms with Gasteiger partial charge in [0.05, 0.1) is 7.11 Å². The van der Waals surface area contributed by atoms with Crippen molar-refractivity contribution in [2.45, 2.75) is 19.4 Å². The summed E-state index contributed by atoms with van der Waals surface area (Å²) in [6.07, 6.45) is 3.08. The van der Waals surface area contributed by atoms with Crippen LogP contribution in [0.25, 0.3) is 0 Å². The lowest BCUT2D eigenvalue weighted by atomic mass is 10.1. The number of ether oxygens (including phenoxy) is 2. The van der Waals surface area contributed by atoms with Gasteiger partial charge in [-0.05, 0) is 31.5 Å². The molecule has 1 aromatic heterocycles.